The van der Waals surface area contributed by atoms with Gasteiger partial charge >= 0.3 is 17.6 Å². The molecule has 1 aromatic heterocycles. The summed E-state index contributed by atoms with van der Waals surface area (Å²) in [5.74, 6) is -1.27. The highest BCUT2D eigenvalue weighted by atomic mass is 31.1. The smallest absolute Gasteiger partial charge is 0.328 e. The minimum absolute atomic E-state index is 0.00126. The van der Waals surface area contributed by atoms with E-state index in [0.717, 1.165) is 0 Å². The molecule has 0 spiro atoms. The Labute approximate surface area is 176 Å². The van der Waals surface area contributed by atoms with Crippen molar-refractivity contribution >= 4 is 19.7 Å². The zero-order valence-electron chi connectivity index (χ0n) is 18.5. The van der Waals surface area contributed by atoms with Crippen LogP contribution < -0.4 is 11.2 Å². The van der Waals surface area contributed by atoms with E-state index in [-0.39, 0.29) is 12.7 Å². The van der Waals surface area contributed by atoms with Crippen LogP contribution in [0.3, 0.4) is 0 Å². The fraction of sp³-hybridized carbons (Fsp3) is 0.600. The summed E-state index contributed by atoms with van der Waals surface area (Å²) in [6.45, 7) is 11.6. The second-order valence-electron chi connectivity index (χ2n) is 9.01. The molecule has 10 heteroatoms. The number of H-pyrrole nitrogens is 1. The minimum Gasteiger partial charge on any atom is -0.418 e. The van der Waals surface area contributed by atoms with Crippen molar-refractivity contribution in [1.82, 2.24) is 9.55 Å². The fourth-order valence-electron chi connectivity index (χ4n) is 1.94. The van der Waals surface area contributed by atoms with E-state index in [1.165, 1.54) is 10.8 Å². The molecule has 168 valence electrons. The lowest BCUT2D eigenvalue weighted by Gasteiger charge is -2.25. The summed E-state index contributed by atoms with van der Waals surface area (Å²) in [4.78, 5) is 49.8. The third kappa shape index (κ3) is 7.78. The van der Waals surface area contributed by atoms with Crippen LogP contribution in [0.2, 0.25) is 0 Å². The molecule has 0 radical (unpaired) electrons. The lowest BCUT2D eigenvalue weighted by atomic mass is 9.97. The Balaban J connectivity index is 2.88. The molecular weight excluding hydrogens is 411 g/mol. The van der Waals surface area contributed by atoms with Crippen molar-refractivity contribution < 1.29 is 23.6 Å². The van der Waals surface area contributed by atoms with Gasteiger partial charge in [-0.2, -0.15) is 0 Å². The number of hydrogen-bond donors (Lipinski definition) is 1. The Morgan fingerprint density at radius 3 is 2.03 bits per heavy atom. The van der Waals surface area contributed by atoms with E-state index in [1.54, 1.807) is 60.6 Å². The number of carbonyl (C=O) groups excluding carboxylic acids is 2. The van der Waals surface area contributed by atoms with Crippen molar-refractivity contribution in [3.05, 3.63) is 44.8 Å². The van der Waals surface area contributed by atoms with Crippen LogP contribution in [0.15, 0.2) is 27.9 Å². The topological polar surface area (TPSA) is 125 Å². The first-order chi connectivity index (χ1) is 13.6. The van der Waals surface area contributed by atoms with Gasteiger partial charge in [-0.05, 0) is 48.5 Å². The van der Waals surface area contributed by atoms with Crippen molar-refractivity contribution in [2.24, 2.45) is 10.8 Å². The Hall–Kier alpha value is -2.41. The molecule has 0 aliphatic heterocycles. The molecular formula is C20H31N2O7P. The average molecular weight is 442 g/mol. The summed E-state index contributed by atoms with van der Waals surface area (Å²) in [6.07, 6.45) is 4.57. The van der Waals surface area contributed by atoms with Crippen LogP contribution in [0.5, 0.6) is 0 Å². The van der Waals surface area contributed by atoms with Gasteiger partial charge in [-0.1, -0.05) is 12.2 Å². The van der Waals surface area contributed by atoms with Crippen LogP contribution in [0.4, 0.5) is 0 Å². The molecule has 1 atom stereocenters. The molecule has 1 heterocycles. The van der Waals surface area contributed by atoms with Gasteiger partial charge in [0.15, 0.2) is 7.80 Å². The number of ether oxygens (including phenoxy) is 2. The maximum Gasteiger partial charge on any atom is 0.328 e. The fourth-order valence-corrected chi connectivity index (χ4v) is 3.01. The second-order valence-corrected chi connectivity index (χ2v) is 10.8. The van der Waals surface area contributed by atoms with Gasteiger partial charge in [0.1, 0.15) is 0 Å². The van der Waals surface area contributed by atoms with Crippen LogP contribution in [0, 0.1) is 17.8 Å². The van der Waals surface area contributed by atoms with E-state index in [2.05, 4.69) is 4.98 Å². The number of rotatable bonds is 7. The third-order valence-electron chi connectivity index (χ3n) is 3.89. The maximum atomic E-state index is 12.7. The minimum atomic E-state index is -2.68. The number of aromatic amines is 1. The van der Waals surface area contributed by atoms with Crippen molar-refractivity contribution in [1.29, 1.82) is 0 Å². The first-order valence-corrected chi connectivity index (χ1v) is 11.2. The van der Waals surface area contributed by atoms with Gasteiger partial charge in [0.05, 0.1) is 10.8 Å². The number of aryl methyl sites for hydroxylation is 1. The number of carbonyl (C=O) groups is 2. The van der Waals surface area contributed by atoms with E-state index in [0.29, 0.717) is 5.56 Å². The molecule has 0 aliphatic rings. The monoisotopic (exact) mass is 442 g/mol. The molecule has 0 saturated carbocycles. The van der Waals surface area contributed by atoms with E-state index < -0.39 is 47.8 Å². The summed E-state index contributed by atoms with van der Waals surface area (Å²) >= 11 is 0. The number of aromatic nitrogens is 2. The molecule has 9 nitrogen and oxygen atoms in total. The Morgan fingerprint density at radius 2 is 1.57 bits per heavy atom. The normalized spacial score (nSPS) is 13.5. The summed E-state index contributed by atoms with van der Waals surface area (Å²) in [5, 5.41) is 0. The van der Waals surface area contributed by atoms with Gasteiger partial charge in [0.2, 0.25) is 0 Å². The molecule has 0 aromatic carbocycles. The molecule has 0 amide bonds. The maximum absolute atomic E-state index is 12.7. The van der Waals surface area contributed by atoms with Crippen molar-refractivity contribution in [2.45, 2.75) is 61.0 Å². The van der Waals surface area contributed by atoms with Crippen LogP contribution in [-0.4, -0.2) is 33.7 Å². The lowest BCUT2D eigenvalue weighted by molar-refractivity contribution is -0.184. The van der Waals surface area contributed by atoms with E-state index in [9.17, 15) is 23.7 Å². The quantitative estimate of drug-likeness (QED) is 0.298. The molecule has 0 fully saturated rings. The largest absolute Gasteiger partial charge is 0.418 e. The standard InChI is InChI=1S/C20H31N2O7P/c1-13-12-22(17(26)21-14(13)23)10-8-9-11-30(27)18(28-15(24)19(2,3)4)29-16(25)20(5,6)7/h8-9,12,18,30H,10-11H2,1-7H3,(H,21,23,26)/b9-8-. The van der Waals surface area contributed by atoms with Gasteiger partial charge in [-0.3, -0.25) is 23.9 Å². The van der Waals surface area contributed by atoms with Gasteiger partial charge in [0.25, 0.3) is 11.6 Å². The van der Waals surface area contributed by atoms with E-state index in [1.807, 2.05) is 0 Å². The van der Waals surface area contributed by atoms with Crippen LogP contribution >= 0.6 is 7.80 Å². The first-order valence-electron chi connectivity index (χ1n) is 9.53. The molecule has 30 heavy (non-hydrogen) atoms. The summed E-state index contributed by atoms with van der Waals surface area (Å²) in [6, 6.07) is -1.48. The van der Waals surface area contributed by atoms with Crippen LogP contribution in [0.25, 0.3) is 0 Å². The zero-order valence-corrected chi connectivity index (χ0v) is 19.5. The SMILES string of the molecule is Cc1cn(C/C=C\C[PH](=O)C(OC(=O)C(C)(C)C)OC(=O)C(C)(C)C)c(=O)[nH]c1=O. The number of esters is 2. The van der Waals surface area contributed by atoms with E-state index in [4.69, 9.17) is 9.47 Å². The molecule has 1 unspecified atom stereocenters. The van der Waals surface area contributed by atoms with Crippen molar-refractivity contribution in [3.63, 3.8) is 0 Å². The molecule has 1 rings (SSSR count). The molecule has 1 aromatic rings. The highest BCUT2D eigenvalue weighted by Crippen LogP contribution is 2.34. The van der Waals surface area contributed by atoms with Gasteiger partial charge in [-0.25, -0.2) is 4.79 Å². The van der Waals surface area contributed by atoms with Crippen LogP contribution in [0.1, 0.15) is 47.1 Å². The van der Waals surface area contributed by atoms with Gasteiger partial charge < -0.3 is 14.0 Å². The van der Waals surface area contributed by atoms with Gasteiger partial charge in [-0.15, -0.1) is 0 Å². The highest BCUT2D eigenvalue weighted by molar-refractivity contribution is 7.45. The third-order valence-corrected chi connectivity index (χ3v) is 5.29. The van der Waals surface area contributed by atoms with Crippen molar-refractivity contribution in [3.8, 4) is 0 Å². The van der Waals surface area contributed by atoms with E-state index >= 15 is 0 Å². The summed E-state index contributed by atoms with van der Waals surface area (Å²) < 4.78 is 24.5. The number of nitrogens with zero attached hydrogens (tertiary/aromatic N) is 1. The Bertz CT molecular complexity index is 918. The molecule has 0 aliphatic carbocycles. The van der Waals surface area contributed by atoms with Crippen molar-refractivity contribution in [2.75, 3.05) is 6.16 Å². The predicted octanol–water partition coefficient (Wildman–Crippen LogP) is 2.42. The number of nitrogens with one attached hydrogen (secondary N) is 1. The average Bonchev–Trinajstić information content (AvgIpc) is 2.60. The highest BCUT2D eigenvalue weighted by Gasteiger charge is 2.34. The molecule has 0 saturated heterocycles. The molecule has 1 N–H and O–H groups in total. The zero-order chi connectivity index (χ0) is 23.3. The first kappa shape index (κ1) is 25.6. The number of hydrogen-bond acceptors (Lipinski definition) is 7. The Morgan fingerprint density at radius 1 is 1.07 bits per heavy atom. The second kappa shape index (κ2) is 10.1. The van der Waals surface area contributed by atoms with Crippen LogP contribution in [-0.2, 0) is 30.2 Å². The lowest BCUT2D eigenvalue weighted by Crippen LogP contribution is -2.33. The Kier molecular flexibility index (Phi) is 8.60. The predicted molar refractivity (Wildman–Crippen MR) is 114 cm³/mol. The molecule has 0 bridgehead atoms. The number of allylic oxidation sites excluding steroid dienone is 2. The summed E-state index contributed by atoms with van der Waals surface area (Å²) in [5.41, 5.74) is -2.32. The summed E-state index contributed by atoms with van der Waals surface area (Å²) in [7, 11) is -2.68. The van der Waals surface area contributed by atoms with Gasteiger partial charge in [0, 0.05) is 24.5 Å².